The fourth-order valence-electron chi connectivity index (χ4n) is 5.07. The van der Waals surface area contributed by atoms with E-state index in [2.05, 4.69) is 10.4 Å². The maximum Gasteiger partial charge on any atom is 0.255 e. The predicted octanol–water partition coefficient (Wildman–Crippen LogP) is 3.14. The lowest BCUT2D eigenvalue weighted by molar-refractivity contribution is -0.136. The van der Waals surface area contributed by atoms with Gasteiger partial charge in [-0.2, -0.15) is 5.10 Å². The third-order valence-electron chi connectivity index (χ3n) is 6.87. The quantitative estimate of drug-likeness (QED) is 0.741. The summed E-state index contributed by atoms with van der Waals surface area (Å²) in [4.78, 5) is 38.0. The van der Waals surface area contributed by atoms with Gasteiger partial charge in [0.1, 0.15) is 6.04 Å². The summed E-state index contributed by atoms with van der Waals surface area (Å²) in [5.41, 5.74) is 3.86. The molecule has 0 bridgehead atoms. The molecule has 2 aromatic rings. The van der Waals surface area contributed by atoms with Gasteiger partial charge in [-0.15, -0.1) is 0 Å². The zero-order chi connectivity index (χ0) is 22.6. The van der Waals surface area contributed by atoms with E-state index in [1.807, 2.05) is 25.2 Å². The van der Waals surface area contributed by atoms with E-state index in [0.717, 1.165) is 22.5 Å². The number of amides is 3. The number of nitrogens with one attached hydrogen (secondary N) is 1. The first kappa shape index (κ1) is 20.8. The van der Waals surface area contributed by atoms with Crippen molar-refractivity contribution >= 4 is 17.7 Å². The molecule has 1 saturated heterocycles. The van der Waals surface area contributed by atoms with E-state index in [1.165, 1.54) is 4.90 Å². The minimum absolute atomic E-state index is 0.0555. The van der Waals surface area contributed by atoms with Gasteiger partial charge in [-0.3, -0.25) is 24.4 Å². The van der Waals surface area contributed by atoms with Crippen LogP contribution in [0.1, 0.15) is 66.1 Å². The van der Waals surface area contributed by atoms with Crippen molar-refractivity contribution < 1.29 is 23.2 Å². The van der Waals surface area contributed by atoms with E-state index in [0.29, 0.717) is 31.4 Å². The van der Waals surface area contributed by atoms with E-state index in [-0.39, 0.29) is 37.0 Å². The number of hydrogen-bond donors (Lipinski definition) is 1. The van der Waals surface area contributed by atoms with Crippen LogP contribution >= 0.6 is 0 Å². The van der Waals surface area contributed by atoms with Crippen LogP contribution in [0.3, 0.4) is 0 Å². The van der Waals surface area contributed by atoms with Crippen LogP contribution in [0.5, 0.6) is 0 Å². The van der Waals surface area contributed by atoms with Gasteiger partial charge in [-0.1, -0.05) is 6.07 Å². The number of alkyl halides is 2. The summed E-state index contributed by atoms with van der Waals surface area (Å²) >= 11 is 0. The van der Waals surface area contributed by atoms with E-state index < -0.39 is 17.9 Å². The molecule has 1 saturated carbocycles. The molecule has 1 atom stereocenters. The lowest BCUT2D eigenvalue weighted by Crippen LogP contribution is -2.52. The van der Waals surface area contributed by atoms with Gasteiger partial charge in [0.25, 0.3) is 5.91 Å². The zero-order valence-electron chi connectivity index (χ0n) is 17.7. The van der Waals surface area contributed by atoms with Crippen molar-refractivity contribution in [3.05, 3.63) is 41.1 Å². The number of piperidine rings is 1. The van der Waals surface area contributed by atoms with Crippen molar-refractivity contribution in [2.24, 2.45) is 7.05 Å². The number of carbonyl (C=O) groups excluding carboxylic acids is 3. The summed E-state index contributed by atoms with van der Waals surface area (Å²) in [5, 5.41) is 6.90. The third kappa shape index (κ3) is 3.59. The highest BCUT2D eigenvalue weighted by Gasteiger charge is 2.39. The molecular formula is C23H24F2N4O3. The number of benzene rings is 1. The van der Waals surface area contributed by atoms with Crippen molar-refractivity contribution in [1.82, 2.24) is 20.0 Å². The first-order chi connectivity index (χ1) is 15.2. The van der Waals surface area contributed by atoms with Gasteiger partial charge in [0, 0.05) is 55.6 Å². The maximum absolute atomic E-state index is 13.5. The van der Waals surface area contributed by atoms with Gasteiger partial charge in [0.15, 0.2) is 0 Å². The van der Waals surface area contributed by atoms with Gasteiger partial charge in [0.05, 0.1) is 5.69 Å². The summed E-state index contributed by atoms with van der Waals surface area (Å²) in [7, 11) is 1.83. The van der Waals surface area contributed by atoms with E-state index >= 15 is 0 Å². The molecule has 5 rings (SSSR count). The molecule has 3 aliphatic rings. The second kappa shape index (κ2) is 7.50. The molecule has 1 aromatic carbocycles. The first-order valence-corrected chi connectivity index (χ1v) is 10.9. The van der Waals surface area contributed by atoms with Crippen molar-refractivity contribution in [3.8, 4) is 11.3 Å². The Labute approximate surface area is 183 Å². The minimum Gasteiger partial charge on any atom is -0.322 e. The first-order valence-electron chi connectivity index (χ1n) is 10.9. The lowest BCUT2D eigenvalue weighted by Gasteiger charge is -2.29. The molecule has 2 aliphatic heterocycles. The Morgan fingerprint density at radius 1 is 1.09 bits per heavy atom. The van der Waals surface area contributed by atoms with Crippen LogP contribution in [-0.4, -0.2) is 44.4 Å². The van der Waals surface area contributed by atoms with E-state index in [9.17, 15) is 23.2 Å². The lowest BCUT2D eigenvalue weighted by atomic mass is 9.84. The Morgan fingerprint density at radius 3 is 2.56 bits per heavy atom. The van der Waals surface area contributed by atoms with Gasteiger partial charge in [-0.25, -0.2) is 8.78 Å². The van der Waals surface area contributed by atoms with Crippen molar-refractivity contribution in [2.45, 2.75) is 63.0 Å². The predicted molar refractivity (Wildman–Crippen MR) is 111 cm³/mol. The van der Waals surface area contributed by atoms with Gasteiger partial charge >= 0.3 is 0 Å². The molecule has 3 amide bonds. The summed E-state index contributed by atoms with van der Waals surface area (Å²) < 4.78 is 28.8. The Kier molecular flexibility index (Phi) is 4.87. The summed E-state index contributed by atoms with van der Waals surface area (Å²) in [6.07, 6.45) is 1.20. The Bertz CT molecular complexity index is 1120. The van der Waals surface area contributed by atoms with Crippen molar-refractivity contribution in [2.75, 3.05) is 0 Å². The number of aromatic nitrogens is 2. The number of halogens is 2. The molecule has 1 aliphatic carbocycles. The molecular weight excluding hydrogens is 418 g/mol. The van der Waals surface area contributed by atoms with Crippen molar-refractivity contribution in [3.63, 3.8) is 0 Å². The molecule has 7 nitrogen and oxygen atoms in total. The highest BCUT2D eigenvalue weighted by molar-refractivity contribution is 6.05. The standard InChI is InChI=1S/C23H24F2N4O3/c1-28-19(13-6-8-23(24,25)9-7-13)11-17(27-28)14-2-3-16-15(10-14)12-29(22(16)32)18-4-5-20(30)26-21(18)31/h2-3,10-11,13,18H,4-9,12H2,1H3,(H,26,30,31). The average Bonchev–Trinajstić information content (AvgIpc) is 3.28. The molecule has 3 heterocycles. The number of hydrogen-bond acceptors (Lipinski definition) is 4. The van der Waals surface area contributed by atoms with Crippen LogP contribution < -0.4 is 5.32 Å². The van der Waals surface area contributed by atoms with E-state index in [4.69, 9.17) is 0 Å². The Balaban J connectivity index is 1.37. The second-order valence-electron chi connectivity index (χ2n) is 8.98. The normalized spacial score (nSPS) is 23.4. The topological polar surface area (TPSA) is 84.3 Å². The summed E-state index contributed by atoms with van der Waals surface area (Å²) in [6.45, 7) is 0.297. The smallest absolute Gasteiger partial charge is 0.255 e. The van der Waals surface area contributed by atoms with Crippen LogP contribution in [0.2, 0.25) is 0 Å². The summed E-state index contributed by atoms with van der Waals surface area (Å²) in [5.74, 6) is -3.48. The molecule has 9 heteroatoms. The van der Waals surface area contributed by atoms with Crippen molar-refractivity contribution in [1.29, 1.82) is 0 Å². The number of aryl methyl sites for hydroxylation is 1. The molecule has 0 spiro atoms. The molecule has 32 heavy (non-hydrogen) atoms. The largest absolute Gasteiger partial charge is 0.322 e. The zero-order valence-corrected chi connectivity index (χ0v) is 17.7. The molecule has 0 radical (unpaired) electrons. The van der Waals surface area contributed by atoms with Crippen LogP contribution in [-0.2, 0) is 23.2 Å². The van der Waals surface area contributed by atoms with Crippen LogP contribution in [0.25, 0.3) is 11.3 Å². The molecule has 1 unspecified atom stereocenters. The molecule has 1 N–H and O–H groups in total. The number of imide groups is 1. The van der Waals surface area contributed by atoms with Gasteiger partial charge in [0.2, 0.25) is 17.7 Å². The van der Waals surface area contributed by atoms with Crippen LogP contribution in [0.15, 0.2) is 24.3 Å². The SMILES string of the molecule is Cn1nc(-c2ccc3c(c2)CN(C2CCC(=O)NC2=O)C3=O)cc1C1CCC(F)(F)CC1. The minimum atomic E-state index is -2.57. The Hall–Kier alpha value is -3.10. The summed E-state index contributed by atoms with van der Waals surface area (Å²) in [6, 6.07) is 6.77. The maximum atomic E-state index is 13.5. The molecule has 1 aromatic heterocycles. The molecule has 2 fully saturated rings. The number of nitrogens with zero attached hydrogens (tertiary/aromatic N) is 3. The second-order valence-corrected chi connectivity index (χ2v) is 8.98. The number of fused-ring (bicyclic) bond motifs is 1. The average molecular weight is 442 g/mol. The highest BCUT2D eigenvalue weighted by atomic mass is 19.3. The third-order valence-corrected chi connectivity index (χ3v) is 6.87. The highest BCUT2D eigenvalue weighted by Crippen LogP contribution is 2.41. The van der Waals surface area contributed by atoms with E-state index in [1.54, 1.807) is 10.7 Å². The Morgan fingerprint density at radius 2 is 1.84 bits per heavy atom. The number of rotatable bonds is 3. The fraction of sp³-hybridized carbons (Fsp3) is 0.478. The van der Waals surface area contributed by atoms with Gasteiger partial charge in [-0.05, 0) is 43.0 Å². The van der Waals surface area contributed by atoms with Crippen LogP contribution in [0, 0.1) is 0 Å². The van der Waals surface area contributed by atoms with Gasteiger partial charge < -0.3 is 4.90 Å². The van der Waals surface area contributed by atoms with Crippen LogP contribution in [0.4, 0.5) is 8.78 Å². The molecule has 168 valence electrons. The fourth-order valence-corrected chi connectivity index (χ4v) is 5.07. The monoisotopic (exact) mass is 442 g/mol. The number of carbonyl (C=O) groups is 3.